The van der Waals surface area contributed by atoms with E-state index in [0.29, 0.717) is 83.0 Å². The number of nitrogens with two attached hydrogens (primary N) is 3. The Hall–Kier alpha value is -4.48. The van der Waals surface area contributed by atoms with Crippen molar-refractivity contribution in [2.75, 3.05) is 19.8 Å². The number of carboxylic acid groups (broad SMARTS) is 3. The number of amides is 2. The first kappa shape index (κ1) is 55.7. The molecule has 2 saturated heterocycles. The van der Waals surface area contributed by atoms with E-state index in [1.54, 1.807) is 23.6 Å². The van der Waals surface area contributed by atoms with E-state index >= 15 is 0 Å². The molecule has 0 bridgehead atoms. The summed E-state index contributed by atoms with van der Waals surface area (Å²) >= 11 is 0. The topological polar surface area (TPSA) is 296 Å². The van der Waals surface area contributed by atoms with E-state index in [0.717, 1.165) is 64.2 Å². The van der Waals surface area contributed by atoms with Gasteiger partial charge in [0.2, 0.25) is 11.8 Å². The van der Waals surface area contributed by atoms with Gasteiger partial charge in [0.15, 0.2) is 5.96 Å². The van der Waals surface area contributed by atoms with Crippen LogP contribution in [0.1, 0.15) is 157 Å². The van der Waals surface area contributed by atoms with Gasteiger partial charge in [-0.2, -0.15) is 0 Å². The fourth-order valence-electron chi connectivity index (χ4n) is 10.1. The number of hydrogen-bond acceptors (Lipinski definition) is 11. The first-order valence-corrected chi connectivity index (χ1v) is 23.8. The molecule has 11 atom stereocenters. The van der Waals surface area contributed by atoms with Crippen molar-refractivity contribution in [1.82, 2.24) is 9.80 Å². The van der Waals surface area contributed by atoms with E-state index in [1.807, 2.05) is 27.7 Å². The maximum Gasteiger partial charge on any atom is 0.326 e. The highest BCUT2D eigenvalue weighted by Gasteiger charge is 2.50. The Labute approximate surface area is 379 Å². The Morgan fingerprint density at radius 1 is 0.641 bits per heavy atom. The Balaban J connectivity index is 0.000000354. The third-order valence-electron chi connectivity index (χ3n) is 13.2. The van der Waals surface area contributed by atoms with Crippen LogP contribution in [-0.4, -0.2) is 123 Å². The van der Waals surface area contributed by atoms with Crippen LogP contribution in [0.3, 0.4) is 0 Å². The van der Waals surface area contributed by atoms with Gasteiger partial charge in [-0.1, -0.05) is 66.2 Å². The molecule has 2 saturated carbocycles. The quantitative estimate of drug-likeness (QED) is 0.0385. The molecular formula is C46H80N6O12. The van der Waals surface area contributed by atoms with Gasteiger partial charge in [0, 0.05) is 30.5 Å². The number of carbonyl (C=O) groups excluding carboxylic acids is 4. The van der Waals surface area contributed by atoms with Gasteiger partial charge in [0.05, 0.1) is 25.0 Å². The number of esters is 2. The average molecular weight is 909 g/mol. The van der Waals surface area contributed by atoms with Crippen LogP contribution >= 0.6 is 0 Å². The molecule has 2 aliphatic carbocycles. The average Bonchev–Trinajstić information content (AvgIpc) is 3.85. The van der Waals surface area contributed by atoms with Gasteiger partial charge in [-0.05, 0) is 103 Å². The fourth-order valence-corrected chi connectivity index (χ4v) is 10.1. The summed E-state index contributed by atoms with van der Waals surface area (Å²) in [5.41, 5.74) is 15.3. The van der Waals surface area contributed by atoms with Gasteiger partial charge in [0.1, 0.15) is 18.1 Å². The number of carboxylic acids is 3. The lowest BCUT2D eigenvalue weighted by atomic mass is 9.84. The van der Waals surface area contributed by atoms with Crippen LogP contribution < -0.4 is 17.2 Å². The molecule has 0 unspecified atom stereocenters. The minimum absolute atomic E-state index is 0.0129. The zero-order chi connectivity index (χ0) is 48.1. The number of fused-ring (bicyclic) bond motifs is 2. The Kier molecular flexibility index (Phi) is 24.7. The molecule has 0 aromatic heterocycles. The maximum atomic E-state index is 13.1. The van der Waals surface area contributed by atoms with E-state index in [-0.39, 0.29) is 65.5 Å². The van der Waals surface area contributed by atoms with Crippen LogP contribution in [0.25, 0.3) is 0 Å². The van der Waals surface area contributed by atoms with E-state index in [9.17, 15) is 43.8 Å². The molecule has 0 aromatic rings. The Bertz CT molecular complexity index is 1470. The van der Waals surface area contributed by atoms with Crippen LogP contribution in [0.15, 0.2) is 4.99 Å². The van der Waals surface area contributed by atoms with Crippen molar-refractivity contribution < 1.29 is 58.4 Å². The molecule has 4 aliphatic rings. The predicted octanol–water partition coefficient (Wildman–Crippen LogP) is 4.92. The maximum absolute atomic E-state index is 13.1. The van der Waals surface area contributed by atoms with Crippen molar-refractivity contribution in [3.8, 4) is 0 Å². The first-order chi connectivity index (χ1) is 30.3. The number of aliphatic imine (C=N–C) groups is 1. The van der Waals surface area contributed by atoms with Crippen LogP contribution in [0.5, 0.6) is 0 Å². The molecular weight excluding hydrogens is 829 g/mol. The summed E-state index contributed by atoms with van der Waals surface area (Å²) in [6.45, 7) is 12.3. The summed E-state index contributed by atoms with van der Waals surface area (Å²) in [7, 11) is 0. The molecule has 2 heterocycles. The van der Waals surface area contributed by atoms with Crippen LogP contribution in [-0.2, 0) is 43.0 Å². The van der Waals surface area contributed by atoms with Crippen molar-refractivity contribution >= 4 is 47.6 Å². The molecule has 4 fully saturated rings. The van der Waals surface area contributed by atoms with Crippen molar-refractivity contribution in [3.05, 3.63) is 0 Å². The third kappa shape index (κ3) is 16.8. The number of carbonyl (C=O) groups is 7. The van der Waals surface area contributed by atoms with E-state index in [1.165, 1.54) is 0 Å². The highest BCUT2D eigenvalue weighted by atomic mass is 16.5. The monoisotopic (exact) mass is 909 g/mol. The highest BCUT2D eigenvalue weighted by molar-refractivity contribution is 5.87. The minimum atomic E-state index is -1.00. The Morgan fingerprint density at radius 2 is 1.03 bits per heavy atom. The lowest BCUT2D eigenvalue weighted by Gasteiger charge is -2.35. The normalized spacial score (nSPS) is 24.6. The molecule has 2 aliphatic heterocycles. The summed E-state index contributed by atoms with van der Waals surface area (Å²) in [4.78, 5) is 91.3. The number of rotatable bonds is 21. The zero-order valence-electron chi connectivity index (χ0n) is 39.3. The Morgan fingerprint density at radius 3 is 1.36 bits per heavy atom. The predicted molar refractivity (Wildman–Crippen MR) is 240 cm³/mol. The molecule has 4 rings (SSSR count). The molecule has 18 nitrogen and oxygen atoms in total. The molecule has 0 spiro atoms. The highest BCUT2D eigenvalue weighted by Crippen LogP contribution is 2.42. The number of nitrogens with zero attached hydrogens (tertiary/aromatic N) is 3. The number of likely N-dealkylation sites (tertiary alicyclic amines) is 2. The second-order valence-electron chi connectivity index (χ2n) is 18.0. The van der Waals surface area contributed by atoms with Crippen molar-refractivity contribution in [2.45, 2.75) is 187 Å². The van der Waals surface area contributed by atoms with Crippen LogP contribution in [0.2, 0.25) is 0 Å². The number of guanidine groups is 1. The second kappa shape index (κ2) is 28.4. The number of ether oxygens (including phenoxy) is 2. The summed E-state index contributed by atoms with van der Waals surface area (Å²) in [5.74, 6) is -4.27. The smallest absolute Gasteiger partial charge is 0.326 e. The van der Waals surface area contributed by atoms with Gasteiger partial charge >= 0.3 is 29.8 Å². The molecule has 18 heteroatoms. The van der Waals surface area contributed by atoms with Crippen molar-refractivity contribution in [2.24, 2.45) is 57.7 Å². The molecule has 0 aromatic carbocycles. The van der Waals surface area contributed by atoms with Gasteiger partial charge in [-0.25, -0.2) is 9.59 Å². The van der Waals surface area contributed by atoms with E-state index < -0.39 is 36.0 Å². The molecule has 366 valence electrons. The van der Waals surface area contributed by atoms with Crippen molar-refractivity contribution in [3.63, 3.8) is 0 Å². The van der Waals surface area contributed by atoms with Gasteiger partial charge in [-0.3, -0.25) is 29.0 Å². The zero-order valence-corrected chi connectivity index (χ0v) is 39.3. The molecule has 2 amide bonds. The van der Waals surface area contributed by atoms with E-state index in [4.69, 9.17) is 31.8 Å². The lowest BCUT2D eigenvalue weighted by molar-refractivity contribution is -0.154. The summed E-state index contributed by atoms with van der Waals surface area (Å²) in [6.07, 6.45) is 14.1. The molecule has 64 heavy (non-hydrogen) atoms. The van der Waals surface area contributed by atoms with Crippen LogP contribution in [0, 0.1) is 35.5 Å². The first-order valence-electron chi connectivity index (χ1n) is 23.8. The second-order valence-corrected chi connectivity index (χ2v) is 18.0. The fraction of sp³-hybridized carbons (Fsp3) is 0.826. The minimum Gasteiger partial charge on any atom is -0.480 e. The van der Waals surface area contributed by atoms with Gasteiger partial charge in [-0.15, -0.1) is 0 Å². The molecule has 0 radical (unpaired) electrons. The SMILES string of the molecule is CCC[C@@H](C[C@@H](C)C(=O)N1[C@H](C(=O)O)C[C@@H]2CCCC[C@@H]21)C(=O)OCC.CCC[C@@H](C[C@@H](C)C(=O)N1[C@H](C(=O)O)C[C@@H]2CCCC[C@@H]21)C(=O)OCC.NC(N)=NCCC[C@H](N)C(=O)O. The largest absolute Gasteiger partial charge is 0.480 e. The lowest BCUT2D eigenvalue weighted by Crippen LogP contribution is -2.48. The number of aliphatic carboxylic acids is 3. The van der Waals surface area contributed by atoms with Gasteiger partial charge < -0.3 is 51.8 Å². The number of hydrogen-bond donors (Lipinski definition) is 6. The summed E-state index contributed by atoms with van der Waals surface area (Å²) in [5, 5.41) is 27.6. The molecule has 9 N–H and O–H groups in total. The summed E-state index contributed by atoms with van der Waals surface area (Å²) < 4.78 is 10.3. The summed E-state index contributed by atoms with van der Waals surface area (Å²) in [6, 6.07) is -2.16. The van der Waals surface area contributed by atoms with Crippen molar-refractivity contribution in [1.29, 1.82) is 0 Å². The standard InChI is InChI=1S/2C20H33NO5.C6H14N4O2/c2*1-4-8-15(20(25)26-5-2)11-13(3)18(22)21-16-10-7-6-9-14(16)12-17(21)19(23)24;7-4(5(11)12)2-1-3-10-6(8)9/h2*13-17H,4-12H2,1-3H3,(H,23,24);4H,1-3,7H2,(H,11,12)(H4,8,9,10)/t2*13-,14+,15+,16+,17+;4-/m110/s1. The van der Waals surface area contributed by atoms with E-state index in [2.05, 4.69) is 4.99 Å². The van der Waals surface area contributed by atoms with Gasteiger partial charge in [0.25, 0.3) is 0 Å². The third-order valence-corrected chi connectivity index (χ3v) is 13.2. The van der Waals surface area contributed by atoms with Crippen LogP contribution in [0.4, 0.5) is 0 Å².